The van der Waals surface area contributed by atoms with E-state index in [2.05, 4.69) is 0 Å². The van der Waals surface area contributed by atoms with Crippen LogP contribution in [0.3, 0.4) is 0 Å². The second kappa shape index (κ2) is 5.51. The molecule has 1 atom stereocenters. The third-order valence-corrected chi connectivity index (χ3v) is 2.43. The van der Waals surface area contributed by atoms with Crippen molar-refractivity contribution in [3.8, 4) is 5.75 Å². The van der Waals surface area contributed by atoms with Crippen LogP contribution in [0.1, 0.15) is 12.5 Å². The fourth-order valence-electron chi connectivity index (χ4n) is 1.02. The number of ether oxygens (including phenoxy) is 1. The number of rotatable bonds is 5. The third-order valence-electron chi connectivity index (χ3n) is 2.05. The van der Waals surface area contributed by atoms with Crippen molar-refractivity contribution in [3.63, 3.8) is 0 Å². The van der Waals surface area contributed by atoms with E-state index in [0.717, 1.165) is 0 Å². The summed E-state index contributed by atoms with van der Waals surface area (Å²) in [6.07, 6.45) is 0. The Morgan fingerprint density at radius 1 is 1.50 bits per heavy atom. The Morgan fingerprint density at radius 3 is 2.50 bits per heavy atom. The molecular formula is C11H13ClN2O2. The molecule has 1 unspecified atom stereocenters. The monoisotopic (exact) mass is 240 g/mol. The van der Waals surface area contributed by atoms with Crippen LogP contribution in [0.2, 0.25) is 0 Å². The Hall–Kier alpha value is -1.55. The Balaban J connectivity index is 2.56. The molecule has 5 heteroatoms. The van der Waals surface area contributed by atoms with Gasteiger partial charge in [-0.25, -0.2) is 0 Å². The van der Waals surface area contributed by atoms with Crippen LogP contribution in [0, 0.1) is 11.3 Å². The highest BCUT2D eigenvalue weighted by Gasteiger charge is 2.10. The third kappa shape index (κ3) is 3.55. The standard InChI is InChI=1S/C11H13ClN2O2/c1-7(10(12)15)6-16-9-4-2-8(3-5-9)11(13)14/h2-5,7H,6H2,1H3,(H3,13,14). The first-order chi connectivity index (χ1) is 7.50. The largest absolute Gasteiger partial charge is 0.493 e. The van der Waals surface area contributed by atoms with Gasteiger partial charge in [-0.3, -0.25) is 10.2 Å². The average molecular weight is 241 g/mol. The number of halogens is 1. The van der Waals surface area contributed by atoms with Crippen molar-refractivity contribution in [2.45, 2.75) is 6.92 Å². The summed E-state index contributed by atoms with van der Waals surface area (Å²) >= 11 is 5.30. The number of nitrogen functional groups attached to an aromatic ring is 1. The molecular weight excluding hydrogens is 228 g/mol. The van der Waals surface area contributed by atoms with Gasteiger partial charge in [0.15, 0.2) is 0 Å². The molecule has 0 aliphatic rings. The van der Waals surface area contributed by atoms with Crippen molar-refractivity contribution in [1.29, 1.82) is 5.41 Å². The number of amidine groups is 1. The maximum absolute atomic E-state index is 10.7. The summed E-state index contributed by atoms with van der Waals surface area (Å²) in [5.74, 6) is 0.291. The minimum Gasteiger partial charge on any atom is -0.493 e. The number of benzene rings is 1. The maximum atomic E-state index is 10.7. The fraction of sp³-hybridized carbons (Fsp3) is 0.273. The van der Waals surface area contributed by atoms with Gasteiger partial charge in [0.25, 0.3) is 0 Å². The zero-order valence-electron chi connectivity index (χ0n) is 8.87. The van der Waals surface area contributed by atoms with E-state index in [0.29, 0.717) is 11.3 Å². The zero-order valence-corrected chi connectivity index (χ0v) is 9.62. The number of carbonyl (C=O) groups is 1. The summed E-state index contributed by atoms with van der Waals surface area (Å²) in [4.78, 5) is 10.7. The van der Waals surface area contributed by atoms with Crippen molar-refractivity contribution in [1.82, 2.24) is 0 Å². The van der Waals surface area contributed by atoms with E-state index in [1.165, 1.54) is 0 Å². The molecule has 0 aliphatic heterocycles. The van der Waals surface area contributed by atoms with Crippen molar-refractivity contribution < 1.29 is 9.53 Å². The smallest absolute Gasteiger partial charge is 0.227 e. The topological polar surface area (TPSA) is 76.2 Å². The van der Waals surface area contributed by atoms with Gasteiger partial charge >= 0.3 is 0 Å². The summed E-state index contributed by atoms with van der Waals surface area (Å²) in [5.41, 5.74) is 5.94. The van der Waals surface area contributed by atoms with Gasteiger partial charge in [-0.1, -0.05) is 6.92 Å². The van der Waals surface area contributed by atoms with Crippen LogP contribution in [0.5, 0.6) is 5.75 Å². The van der Waals surface area contributed by atoms with Crippen LogP contribution in [0.4, 0.5) is 0 Å². The number of nitrogens with one attached hydrogen (secondary N) is 1. The number of hydrogen-bond acceptors (Lipinski definition) is 3. The highest BCUT2D eigenvalue weighted by Crippen LogP contribution is 2.13. The van der Waals surface area contributed by atoms with E-state index in [4.69, 9.17) is 27.5 Å². The first kappa shape index (κ1) is 12.5. The SMILES string of the molecule is CC(COc1ccc(C(=N)N)cc1)C(=O)Cl. The lowest BCUT2D eigenvalue weighted by Crippen LogP contribution is -2.14. The van der Waals surface area contributed by atoms with Crippen LogP contribution < -0.4 is 10.5 Å². The number of hydrogen-bond donors (Lipinski definition) is 2. The van der Waals surface area contributed by atoms with Crippen molar-refractivity contribution in [2.24, 2.45) is 11.7 Å². The molecule has 0 spiro atoms. The molecule has 0 saturated carbocycles. The van der Waals surface area contributed by atoms with E-state index in [-0.39, 0.29) is 18.4 Å². The first-order valence-electron chi connectivity index (χ1n) is 4.77. The molecule has 1 aromatic carbocycles. The second-order valence-corrected chi connectivity index (χ2v) is 3.83. The van der Waals surface area contributed by atoms with Gasteiger partial charge in [0.05, 0.1) is 12.5 Å². The van der Waals surface area contributed by atoms with E-state index >= 15 is 0 Å². The number of nitrogens with two attached hydrogens (primary N) is 1. The first-order valence-corrected chi connectivity index (χ1v) is 5.15. The normalized spacial score (nSPS) is 11.9. The number of carbonyl (C=O) groups excluding carboxylic acids is 1. The van der Waals surface area contributed by atoms with Gasteiger partial charge in [-0.05, 0) is 35.9 Å². The van der Waals surface area contributed by atoms with Gasteiger partial charge < -0.3 is 10.5 Å². The molecule has 0 radical (unpaired) electrons. The van der Waals surface area contributed by atoms with Gasteiger partial charge in [-0.2, -0.15) is 0 Å². The Bertz CT molecular complexity index is 389. The fourth-order valence-corrected chi connectivity index (χ4v) is 1.08. The van der Waals surface area contributed by atoms with E-state index < -0.39 is 5.24 Å². The molecule has 0 amide bonds. The summed E-state index contributed by atoms with van der Waals surface area (Å²) < 4.78 is 5.35. The van der Waals surface area contributed by atoms with Crippen LogP contribution in [0.15, 0.2) is 24.3 Å². The minimum atomic E-state index is -0.416. The lowest BCUT2D eigenvalue weighted by Gasteiger charge is -2.09. The maximum Gasteiger partial charge on any atom is 0.227 e. The molecule has 1 aromatic rings. The lowest BCUT2D eigenvalue weighted by molar-refractivity contribution is -0.115. The highest BCUT2D eigenvalue weighted by molar-refractivity contribution is 6.63. The molecule has 86 valence electrons. The molecule has 0 fully saturated rings. The van der Waals surface area contributed by atoms with Gasteiger partial charge in [0.2, 0.25) is 5.24 Å². The van der Waals surface area contributed by atoms with Crippen LogP contribution >= 0.6 is 11.6 Å². The summed E-state index contributed by atoms with van der Waals surface area (Å²) in [5, 5.41) is 6.79. The highest BCUT2D eigenvalue weighted by atomic mass is 35.5. The van der Waals surface area contributed by atoms with Crippen LogP contribution in [-0.2, 0) is 4.79 Å². The average Bonchev–Trinajstić information content (AvgIpc) is 2.26. The predicted molar refractivity (Wildman–Crippen MR) is 63.0 cm³/mol. The van der Waals surface area contributed by atoms with Crippen molar-refractivity contribution in [3.05, 3.63) is 29.8 Å². The summed E-state index contributed by atoms with van der Waals surface area (Å²) in [6.45, 7) is 1.93. The Labute approximate surface area is 98.9 Å². The lowest BCUT2D eigenvalue weighted by atomic mass is 10.2. The summed E-state index contributed by atoms with van der Waals surface area (Å²) in [6, 6.07) is 6.76. The van der Waals surface area contributed by atoms with E-state index in [1.807, 2.05) is 0 Å². The predicted octanol–water partition coefficient (Wildman–Crippen LogP) is 1.75. The summed E-state index contributed by atoms with van der Waals surface area (Å²) in [7, 11) is 0. The molecule has 1 rings (SSSR count). The Morgan fingerprint density at radius 2 is 2.06 bits per heavy atom. The molecule has 0 aromatic heterocycles. The van der Waals surface area contributed by atoms with Crippen molar-refractivity contribution >= 4 is 22.7 Å². The van der Waals surface area contributed by atoms with Gasteiger partial charge in [0, 0.05) is 5.56 Å². The zero-order chi connectivity index (χ0) is 12.1. The molecule has 0 heterocycles. The van der Waals surface area contributed by atoms with E-state index in [9.17, 15) is 4.79 Å². The molecule has 0 aliphatic carbocycles. The van der Waals surface area contributed by atoms with E-state index in [1.54, 1.807) is 31.2 Å². The Kier molecular flexibility index (Phi) is 4.31. The van der Waals surface area contributed by atoms with Crippen LogP contribution in [0.25, 0.3) is 0 Å². The van der Waals surface area contributed by atoms with Crippen molar-refractivity contribution in [2.75, 3.05) is 6.61 Å². The molecule has 0 bridgehead atoms. The molecule has 16 heavy (non-hydrogen) atoms. The molecule has 0 saturated heterocycles. The quantitative estimate of drug-likeness (QED) is 0.468. The van der Waals surface area contributed by atoms with Gasteiger partial charge in [0.1, 0.15) is 11.6 Å². The minimum absolute atomic E-state index is 0.0101. The molecule has 4 nitrogen and oxygen atoms in total. The van der Waals surface area contributed by atoms with Crippen LogP contribution in [-0.4, -0.2) is 17.7 Å². The molecule has 3 N–H and O–H groups in total. The van der Waals surface area contributed by atoms with Gasteiger partial charge in [-0.15, -0.1) is 0 Å². The second-order valence-electron chi connectivity index (χ2n) is 3.45.